The zero-order valence-corrected chi connectivity index (χ0v) is 18.9. The van der Waals surface area contributed by atoms with E-state index in [4.69, 9.17) is 21.1 Å². The summed E-state index contributed by atoms with van der Waals surface area (Å²) in [6, 6.07) is 12.5. The Morgan fingerprint density at radius 3 is 2.50 bits per heavy atom. The predicted molar refractivity (Wildman–Crippen MR) is 118 cm³/mol. The summed E-state index contributed by atoms with van der Waals surface area (Å²) in [5, 5.41) is 3.06. The van der Waals surface area contributed by atoms with Crippen molar-refractivity contribution in [1.82, 2.24) is 5.32 Å². The van der Waals surface area contributed by atoms with E-state index in [9.17, 15) is 13.2 Å². The molecule has 0 radical (unpaired) electrons. The number of nitrogens with one attached hydrogen (secondary N) is 1. The number of methoxy groups -OCH3 is 1. The lowest BCUT2D eigenvalue weighted by molar-refractivity contribution is -0.119. The molecule has 1 N–H and O–H groups in total. The third-order valence-corrected chi connectivity index (χ3v) is 6.13. The standard InChI is InChI=1S/C21H27ClN2O5S/c1-16(2)29-13-7-12-23-21(25)15-24(19-14-17(22)10-11-20(19)28-3)30(26,27)18-8-5-4-6-9-18/h4-6,8-11,14,16H,7,12-13,15H2,1-3H3,(H,23,25). The van der Waals surface area contributed by atoms with Crippen LogP contribution in [0.2, 0.25) is 5.02 Å². The summed E-state index contributed by atoms with van der Waals surface area (Å²) in [6.07, 6.45) is 0.734. The Morgan fingerprint density at radius 2 is 1.87 bits per heavy atom. The molecular weight excluding hydrogens is 428 g/mol. The van der Waals surface area contributed by atoms with Crippen LogP contribution in [0.25, 0.3) is 0 Å². The Bertz CT molecular complexity index is 936. The van der Waals surface area contributed by atoms with Crippen LogP contribution in [-0.2, 0) is 19.6 Å². The van der Waals surface area contributed by atoms with Crippen LogP contribution in [0.4, 0.5) is 5.69 Å². The largest absolute Gasteiger partial charge is 0.495 e. The topological polar surface area (TPSA) is 84.9 Å². The number of sulfonamides is 1. The minimum atomic E-state index is -4.04. The lowest BCUT2D eigenvalue weighted by atomic mass is 10.3. The van der Waals surface area contributed by atoms with E-state index in [0.29, 0.717) is 24.6 Å². The molecule has 2 aromatic rings. The maximum Gasteiger partial charge on any atom is 0.264 e. The average molecular weight is 455 g/mol. The summed E-state index contributed by atoms with van der Waals surface area (Å²) in [6.45, 7) is 4.33. The summed E-state index contributed by atoms with van der Waals surface area (Å²) in [5.74, 6) is -0.155. The molecule has 9 heteroatoms. The van der Waals surface area contributed by atoms with E-state index >= 15 is 0 Å². The molecule has 2 aromatic carbocycles. The first-order chi connectivity index (χ1) is 14.3. The van der Waals surface area contributed by atoms with Gasteiger partial charge in [0.25, 0.3) is 10.0 Å². The van der Waals surface area contributed by atoms with E-state index in [-0.39, 0.29) is 22.4 Å². The molecule has 0 aliphatic carbocycles. The van der Waals surface area contributed by atoms with Gasteiger partial charge in [0.15, 0.2) is 0 Å². The van der Waals surface area contributed by atoms with E-state index < -0.39 is 22.5 Å². The normalized spacial score (nSPS) is 11.4. The highest BCUT2D eigenvalue weighted by Crippen LogP contribution is 2.34. The number of hydrogen-bond donors (Lipinski definition) is 1. The summed E-state index contributed by atoms with van der Waals surface area (Å²) in [5.41, 5.74) is 0.187. The quantitative estimate of drug-likeness (QED) is 0.525. The fraction of sp³-hybridized carbons (Fsp3) is 0.381. The van der Waals surface area contributed by atoms with Crippen molar-refractivity contribution in [2.45, 2.75) is 31.3 Å². The Hall–Kier alpha value is -2.29. The van der Waals surface area contributed by atoms with Gasteiger partial charge < -0.3 is 14.8 Å². The second kappa shape index (κ2) is 11.2. The Morgan fingerprint density at radius 1 is 1.17 bits per heavy atom. The molecule has 0 aliphatic heterocycles. The van der Waals surface area contributed by atoms with Crippen LogP contribution in [0.3, 0.4) is 0 Å². The number of hydrogen-bond acceptors (Lipinski definition) is 5. The van der Waals surface area contributed by atoms with Gasteiger partial charge in [0, 0.05) is 18.2 Å². The highest BCUT2D eigenvalue weighted by atomic mass is 35.5. The van der Waals surface area contributed by atoms with Crippen LogP contribution in [0.15, 0.2) is 53.4 Å². The lowest BCUT2D eigenvalue weighted by Gasteiger charge is -2.26. The van der Waals surface area contributed by atoms with Gasteiger partial charge >= 0.3 is 0 Å². The van der Waals surface area contributed by atoms with E-state index in [1.807, 2.05) is 13.8 Å². The molecule has 1 amide bonds. The maximum atomic E-state index is 13.3. The summed E-state index contributed by atoms with van der Waals surface area (Å²) >= 11 is 6.10. The molecule has 0 fully saturated rings. The molecule has 30 heavy (non-hydrogen) atoms. The fourth-order valence-electron chi connectivity index (χ4n) is 2.68. The maximum absolute atomic E-state index is 13.3. The molecule has 164 valence electrons. The number of ether oxygens (including phenoxy) is 2. The van der Waals surface area contributed by atoms with Gasteiger partial charge in [-0.25, -0.2) is 8.42 Å². The molecule has 0 aromatic heterocycles. The van der Waals surface area contributed by atoms with Gasteiger partial charge in [-0.2, -0.15) is 0 Å². The molecule has 0 aliphatic rings. The highest BCUT2D eigenvalue weighted by molar-refractivity contribution is 7.92. The molecule has 0 saturated heterocycles. The van der Waals surface area contributed by atoms with Crippen LogP contribution in [0, 0.1) is 0 Å². The van der Waals surface area contributed by atoms with Crippen molar-refractivity contribution < 1.29 is 22.7 Å². The van der Waals surface area contributed by atoms with Gasteiger partial charge in [-0.05, 0) is 50.6 Å². The van der Waals surface area contributed by atoms with Crippen LogP contribution in [0.1, 0.15) is 20.3 Å². The van der Waals surface area contributed by atoms with E-state index in [2.05, 4.69) is 5.32 Å². The second-order valence-corrected chi connectivity index (χ2v) is 9.06. The molecule has 0 bridgehead atoms. The Labute approximate surface area is 183 Å². The molecular formula is C21H27ClN2O5S. The summed E-state index contributed by atoms with van der Waals surface area (Å²) < 4.78 is 38.4. The Kier molecular flexibility index (Phi) is 8.95. The van der Waals surface area contributed by atoms with Crippen molar-refractivity contribution in [3.05, 3.63) is 53.6 Å². The van der Waals surface area contributed by atoms with Crippen LogP contribution >= 0.6 is 11.6 Å². The van der Waals surface area contributed by atoms with Gasteiger partial charge in [-0.1, -0.05) is 29.8 Å². The van der Waals surface area contributed by atoms with Crippen molar-refractivity contribution >= 4 is 33.2 Å². The minimum Gasteiger partial charge on any atom is -0.495 e. The third-order valence-electron chi connectivity index (χ3n) is 4.12. The van der Waals surface area contributed by atoms with Crippen LogP contribution < -0.4 is 14.4 Å². The van der Waals surface area contributed by atoms with Crippen LogP contribution in [-0.4, -0.2) is 47.2 Å². The summed E-state index contributed by atoms with van der Waals surface area (Å²) in [7, 11) is -2.61. The number of halogens is 1. The highest BCUT2D eigenvalue weighted by Gasteiger charge is 2.29. The number of carbonyl (C=O) groups is 1. The molecule has 0 heterocycles. The second-order valence-electron chi connectivity index (χ2n) is 6.76. The molecule has 0 saturated carbocycles. The van der Waals surface area contributed by atoms with Crippen LogP contribution in [0.5, 0.6) is 5.75 Å². The predicted octanol–water partition coefficient (Wildman–Crippen LogP) is 3.48. The fourth-order valence-corrected chi connectivity index (χ4v) is 4.29. The van der Waals surface area contributed by atoms with Gasteiger partial charge in [0.1, 0.15) is 12.3 Å². The molecule has 0 spiro atoms. The number of anilines is 1. The summed E-state index contributed by atoms with van der Waals surface area (Å²) in [4.78, 5) is 12.6. The zero-order valence-electron chi connectivity index (χ0n) is 17.3. The third kappa shape index (κ3) is 6.62. The molecule has 2 rings (SSSR count). The van der Waals surface area contributed by atoms with Crippen molar-refractivity contribution in [2.75, 3.05) is 31.1 Å². The molecule has 0 atom stereocenters. The van der Waals surface area contributed by atoms with Gasteiger partial charge in [-0.15, -0.1) is 0 Å². The first kappa shape index (κ1) is 24.0. The lowest BCUT2D eigenvalue weighted by Crippen LogP contribution is -2.41. The first-order valence-corrected chi connectivity index (χ1v) is 11.4. The number of carbonyl (C=O) groups excluding carboxylic acids is 1. The molecule has 0 unspecified atom stereocenters. The van der Waals surface area contributed by atoms with Gasteiger partial charge in [-0.3, -0.25) is 9.10 Å². The number of amides is 1. The minimum absolute atomic E-state index is 0.0603. The van der Waals surface area contributed by atoms with E-state index in [1.54, 1.807) is 30.3 Å². The van der Waals surface area contributed by atoms with Crippen molar-refractivity contribution in [3.8, 4) is 5.75 Å². The smallest absolute Gasteiger partial charge is 0.264 e. The van der Waals surface area contributed by atoms with Crippen molar-refractivity contribution in [3.63, 3.8) is 0 Å². The van der Waals surface area contributed by atoms with Crippen molar-refractivity contribution in [2.24, 2.45) is 0 Å². The van der Waals surface area contributed by atoms with E-state index in [1.165, 1.54) is 25.3 Å². The number of benzene rings is 2. The monoisotopic (exact) mass is 454 g/mol. The number of rotatable bonds is 11. The zero-order chi connectivity index (χ0) is 22.1. The van der Waals surface area contributed by atoms with Crippen molar-refractivity contribution in [1.29, 1.82) is 0 Å². The molecule has 7 nitrogen and oxygen atoms in total. The number of nitrogens with zero attached hydrogens (tertiary/aromatic N) is 1. The van der Waals surface area contributed by atoms with E-state index in [0.717, 1.165) is 4.31 Å². The average Bonchev–Trinajstić information content (AvgIpc) is 2.72. The van der Waals surface area contributed by atoms with Gasteiger partial charge in [0.05, 0.1) is 23.8 Å². The van der Waals surface area contributed by atoms with Gasteiger partial charge in [0.2, 0.25) is 5.91 Å². The first-order valence-electron chi connectivity index (χ1n) is 9.55. The Balaban J connectivity index is 2.27. The SMILES string of the molecule is COc1ccc(Cl)cc1N(CC(=O)NCCCOC(C)C)S(=O)(=O)c1ccccc1.